The molecule has 1 saturated heterocycles. The second-order valence-electron chi connectivity index (χ2n) is 10.8. The van der Waals surface area contributed by atoms with Crippen molar-refractivity contribution in [3.8, 4) is 0 Å². The quantitative estimate of drug-likeness (QED) is 0.258. The number of aromatic nitrogens is 3. The molecule has 0 spiro atoms. The lowest BCUT2D eigenvalue weighted by Gasteiger charge is -2.36. The maximum absolute atomic E-state index is 13.4. The Kier molecular flexibility index (Phi) is 9.93. The molecular formula is C30H36F2N7O2P. The number of nitrogen functional groups attached to an aromatic ring is 1. The van der Waals surface area contributed by atoms with E-state index in [1.165, 1.54) is 59.2 Å². The number of hydrogen-bond acceptors (Lipinski definition) is 7. The Morgan fingerprint density at radius 3 is 2.36 bits per heavy atom. The van der Waals surface area contributed by atoms with E-state index in [0.717, 1.165) is 37.9 Å². The van der Waals surface area contributed by atoms with Crippen LogP contribution in [0.15, 0.2) is 48.9 Å². The first-order valence-electron chi connectivity index (χ1n) is 13.9. The summed E-state index contributed by atoms with van der Waals surface area (Å²) in [4.78, 5) is 38.2. The number of halogens is 2. The number of nitrogens with one attached hydrogen (secondary N) is 2. The molecule has 2 amide bonds. The van der Waals surface area contributed by atoms with Gasteiger partial charge in [-0.2, -0.15) is 8.78 Å². The molecule has 42 heavy (non-hydrogen) atoms. The average molecular weight is 596 g/mol. The van der Waals surface area contributed by atoms with E-state index in [1.54, 1.807) is 19.1 Å². The number of anilines is 2. The first kappa shape index (κ1) is 31.1. The number of piperidine rings is 1. The van der Waals surface area contributed by atoms with Crippen LogP contribution in [-0.4, -0.2) is 50.5 Å². The zero-order chi connectivity index (χ0) is 30.4. The molecule has 1 aliphatic heterocycles. The second-order valence-corrected chi connectivity index (χ2v) is 11.6. The van der Waals surface area contributed by atoms with Crippen LogP contribution >= 0.6 is 9.24 Å². The SMILES string of the molecule is CC1CCCN(C(=O)C2CCC2)C1.Cc1ncnc(N)c1C(=N)c1ccc(C(=O)Nc2cc(C(F)(F)P)ccn2)cc1. The number of pyridine rings is 1. The Hall–Kier alpha value is -3.85. The van der Waals surface area contributed by atoms with Crippen LogP contribution in [0.1, 0.15) is 71.8 Å². The van der Waals surface area contributed by atoms with Crippen molar-refractivity contribution in [1.82, 2.24) is 19.9 Å². The number of carbonyl (C=O) groups is 2. The molecule has 2 unspecified atom stereocenters. The number of amides is 2. The highest BCUT2D eigenvalue weighted by Crippen LogP contribution is 2.35. The van der Waals surface area contributed by atoms with Crippen LogP contribution in [0.5, 0.6) is 0 Å². The van der Waals surface area contributed by atoms with Gasteiger partial charge in [-0.1, -0.05) is 34.7 Å². The third-order valence-corrected chi connectivity index (χ3v) is 7.89. The molecule has 12 heteroatoms. The van der Waals surface area contributed by atoms with Crippen LogP contribution in [0.3, 0.4) is 0 Å². The van der Waals surface area contributed by atoms with Crippen LogP contribution in [0.4, 0.5) is 20.4 Å². The minimum atomic E-state index is -3.12. The van der Waals surface area contributed by atoms with Crippen LogP contribution in [-0.2, 0) is 10.5 Å². The minimum Gasteiger partial charge on any atom is -0.383 e. The Morgan fingerprint density at radius 1 is 1.07 bits per heavy atom. The fraction of sp³-hybridized carbons (Fsp3) is 0.400. The van der Waals surface area contributed by atoms with Gasteiger partial charge in [-0.25, -0.2) is 15.0 Å². The molecule has 3 heterocycles. The van der Waals surface area contributed by atoms with Gasteiger partial charge in [0.25, 0.3) is 11.6 Å². The third kappa shape index (κ3) is 7.70. The zero-order valence-corrected chi connectivity index (χ0v) is 24.9. The first-order chi connectivity index (χ1) is 19.9. The van der Waals surface area contributed by atoms with E-state index in [-0.39, 0.29) is 28.5 Å². The molecule has 2 atom stereocenters. The summed E-state index contributed by atoms with van der Waals surface area (Å²) in [6, 6.07) is 8.49. The number of likely N-dealkylation sites (tertiary alicyclic amines) is 1. The van der Waals surface area contributed by atoms with E-state index in [2.05, 4.69) is 32.1 Å². The van der Waals surface area contributed by atoms with Gasteiger partial charge in [-0.3, -0.25) is 15.0 Å². The number of alkyl halides is 2. The molecule has 3 aromatic rings. The highest BCUT2D eigenvalue weighted by Gasteiger charge is 2.31. The van der Waals surface area contributed by atoms with Crippen molar-refractivity contribution in [2.24, 2.45) is 11.8 Å². The Morgan fingerprint density at radius 2 is 1.76 bits per heavy atom. The summed E-state index contributed by atoms with van der Waals surface area (Å²) in [5.74, 6) is 1.25. The lowest BCUT2D eigenvalue weighted by Crippen LogP contribution is -2.44. The predicted molar refractivity (Wildman–Crippen MR) is 162 cm³/mol. The van der Waals surface area contributed by atoms with Crippen molar-refractivity contribution < 1.29 is 18.4 Å². The largest absolute Gasteiger partial charge is 0.383 e. The molecule has 0 radical (unpaired) electrons. The predicted octanol–water partition coefficient (Wildman–Crippen LogP) is 5.40. The lowest BCUT2D eigenvalue weighted by molar-refractivity contribution is -0.139. The van der Waals surface area contributed by atoms with Gasteiger partial charge in [-0.05, 0) is 62.8 Å². The number of benzene rings is 1. The van der Waals surface area contributed by atoms with E-state index < -0.39 is 11.6 Å². The van der Waals surface area contributed by atoms with Crippen LogP contribution < -0.4 is 11.1 Å². The van der Waals surface area contributed by atoms with E-state index in [0.29, 0.717) is 28.6 Å². The Labute approximate surface area is 246 Å². The normalized spacial score (nSPS) is 17.0. The van der Waals surface area contributed by atoms with Crippen LogP contribution in [0.25, 0.3) is 0 Å². The Bertz CT molecular complexity index is 1420. The van der Waals surface area contributed by atoms with Gasteiger partial charge in [-0.15, -0.1) is 0 Å². The number of hydrogen-bond donors (Lipinski definition) is 3. The Balaban J connectivity index is 0.000000258. The molecule has 0 bridgehead atoms. The van der Waals surface area contributed by atoms with Gasteiger partial charge in [0, 0.05) is 41.9 Å². The summed E-state index contributed by atoms with van der Waals surface area (Å²) in [7, 11) is 1.44. The molecule has 5 rings (SSSR count). The number of rotatable bonds is 6. The summed E-state index contributed by atoms with van der Waals surface area (Å²) in [6.07, 6.45) is 8.58. The molecular weight excluding hydrogens is 559 g/mol. The number of carbonyl (C=O) groups excluding carboxylic acids is 2. The summed E-state index contributed by atoms with van der Waals surface area (Å²) in [5, 5.41) is 10.8. The summed E-state index contributed by atoms with van der Waals surface area (Å²) in [6.45, 7) is 6.00. The van der Waals surface area contributed by atoms with Crippen molar-refractivity contribution in [3.63, 3.8) is 0 Å². The molecule has 1 aliphatic carbocycles. The molecule has 222 valence electrons. The van der Waals surface area contributed by atoms with Gasteiger partial charge in [0.15, 0.2) is 0 Å². The first-order valence-corrected chi connectivity index (χ1v) is 14.5. The maximum atomic E-state index is 13.4. The van der Waals surface area contributed by atoms with Crippen molar-refractivity contribution >= 4 is 38.4 Å². The van der Waals surface area contributed by atoms with Gasteiger partial charge in [0.2, 0.25) is 5.91 Å². The molecule has 1 aromatic carbocycles. The second kappa shape index (κ2) is 13.4. The maximum Gasteiger partial charge on any atom is 0.284 e. The van der Waals surface area contributed by atoms with Crippen molar-refractivity contribution in [3.05, 3.63) is 76.9 Å². The minimum absolute atomic E-state index is 0.0104. The topological polar surface area (TPSA) is 138 Å². The van der Waals surface area contributed by atoms with E-state index in [1.807, 2.05) is 0 Å². The van der Waals surface area contributed by atoms with Crippen molar-refractivity contribution in [2.75, 3.05) is 24.1 Å². The monoisotopic (exact) mass is 595 g/mol. The smallest absolute Gasteiger partial charge is 0.284 e. The van der Waals surface area contributed by atoms with E-state index in [4.69, 9.17) is 11.1 Å². The summed E-state index contributed by atoms with van der Waals surface area (Å²) < 4.78 is 26.8. The fourth-order valence-corrected chi connectivity index (χ4v) is 5.11. The lowest BCUT2D eigenvalue weighted by atomic mass is 9.83. The van der Waals surface area contributed by atoms with Crippen LogP contribution in [0.2, 0.25) is 0 Å². The zero-order valence-electron chi connectivity index (χ0n) is 23.7. The van der Waals surface area contributed by atoms with Crippen LogP contribution in [0, 0.1) is 24.2 Å². The highest BCUT2D eigenvalue weighted by atomic mass is 31.0. The van der Waals surface area contributed by atoms with E-state index >= 15 is 0 Å². The van der Waals surface area contributed by atoms with Gasteiger partial charge >= 0.3 is 0 Å². The van der Waals surface area contributed by atoms with Gasteiger partial charge in [0.1, 0.15) is 18.0 Å². The standard InChI is InChI=1S/C19H17F2N6OP.C11H19NO/c1-10-15(17(23)26-9-25-10)16(22)11-2-4-12(5-3-11)18(28)27-14-8-13(6-7-24-14)19(20,21)29;1-9-4-3-7-12(8-9)11(13)10-5-2-6-10/h2-9,22H,29H2,1H3,(H2,23,25,26)(H,24,27,28);9-10H,2-8H2,1H3. The summed E-state index contributed by atoms with van der Waals surface area (Å²) >= 11 is 0. The molecule has 9 nitrogen and oxygen atoms in total. The van der Waals surface area contributed by atoms with Crippen molar-refractivity contribution in [2.45, 2.75) is 51.6 Å². The molecule has 4 N–H and O–H groups in total. The summed E-state index contributed by atoms with van der Waals surface area (Å²) in [5.41, 5.74) is 4.37. The molecule has 2 aliphatic rings. The molecule has 2 fully saturated rings. The van der Waals surface area contributed by atoms with Crippen molar-refractivity contribution in [1.29, 1.82) is 5.41 Å². The number of nitrogens with two attached hydrogens (primary N) is 1. The number of aryl methyl sites for hydroxylation is 1. The molecule has 2 aromatic heterocycles. The van der Waals surface area contributed by atoms with Gasteiger partial charge in [0.05, 0.1) is 17.0 Å². The highest BCUT2D eigenvalue weighted by molar-refractivity contribution is 7.17. The van der Waals surface area contributed by atoms with E-state index in [9.17, 15) is 18.4 Å². The molecule has 1 saturated carbocycles. The average Bonchev–Trinajstić information content (AvgIpc) is 2.92. The fourth-order valence-electron chi connectivity index (χ4n) is 4.93. The third-order valence-electron chi connectivity index (χ3n) is 7.56. The van der Waals surface area contributed by atoms with Gasteiger partial charge < -0.3 is 16.0 Å². The number of nitrogens with zero attached hydrogens (tertiary/aromatic N) is 4.